The Labute approximate surface area is 163 Å². The summed E-state index contributed by atoms with van der Waals surface area (Å²) in [6, 6.07) is 3.55. The molecule has 0 saturated heterocycles. The van der Waals surface area contributed by atoms with Crippen molar-refractivity contribution in [2.24, 2.45) is 7.05 Å². The number of anilines is 1. The van der Waals surface area contributed by atoms with Gasteiger partial charge in [0, 0.05) is 30.1 Å². The lowest BCUT2D eigenvalue weighted by atomic mass is 10.1. The number of carbonyl (C=O) groups is 2. The summed E-state index contributed by atoms with van der Waals surface area (Å²) in [5.41, 5.74) is -0.323. The van der Waals surface area contributed by atoms with Crippen LogP contribution in [0.4, 0.5) is 24.5 Å². The zero-order valence-electron chi connectivity index (χ0n) is 15.8. The summed E-state index contributed by atoms with van der Waals surface area (Å²) in [6.45, 7) is 2.47. The first kappa shape index (κ1) is 21.9. The van der Waals surface area contributed by atoms with Crippen LogP contribution in [-0.2, 0) is 22.8 Å². The fourth-order valence-electron chi connectivity index (χ4n) is 2.59. The second-order valence-electron chi connectivity index (χ2n) is 6.27. The number of alkyl halides is 3. The number of hydrogen-bond acceptors (Lipinski definition) is 6. The Morgan fingerprint density at radius 1 is 1.24 bits per heavy atom. The molecule has 0 bridgehead atoms. The quantitative estimate of drug-likeness (QED) is 0.323. The smallest absolute Gasteiger partial charge is 0.416 e. The van der Waals surface area contributed by atoms with Gasteiger partial charge in [-0.3, -0.25) is 19.7 Å². The Bertz CT molecular complexity index is 966. The molecule has 0 aliphatic carbocycles. The van der Waals surface area contributed by atoms with Crippen LogP contribution in [0.5, 0.6) is 0 Å². The van der Waals surface area contributed by atoms with E-state index in [0.29, 0.717) is 23.4 Å². The van der Waals surface area contributed by atoms with Gasteiger partial charge in [-0.15, -0.1) is 0 Å². The number of rotatable bonds is 7. The number of nitrogens with one attached hydrogen (secondary N) is 1. The number of hydrogen-bond donors (Lipinski definition) is 1. The predicted molar refractivity (Wildman–Crippen MR) is 96.8 cm³/mol. The average Bonchev–Trinajstić information content (AvgIpc) is 2.90. The van der Waals surface area contributed by atoms with Crippen LogP contribution in [0, 0.1) is 24.0 Å². The number of carbonyl (C=O) groups excluding carboxylic acids is 2. The number of aryl methyl sites for hydroxylation is 1. The van der Waals surface area contributed by atoms with E-state index in [1.807, 2.05) is 6.92 Å². The normalized spacial score (nSPS) is 11.2. The lowest BCUT2D eigenvalue weighted by molar-refractivity contribution is -0.384. The molecule has 0 spiro atoms. The van der Waals surface area contributed by atoms with Gasteiger partial charge in [0.25, 0.3) is 5.69 Å². The molecular weight excluding hydrogens is 395 g/mol. The molecule has 0 unspecified atom stereocenters. The van der Waals surface area contributed by atoms with Crippen LogP contribution in [0.25, 0.3) is 0 Å². The third-order valence-corrected chi connectivity index (χ3v) is 4.38. The number of nitro groups is 1. The highest BCUT2D eigenvalue weighted by molar-refractivity contribution is 5.99. The fourth-order valence-corrected chi connectivity index (χ4v) is 2.59. The average molecular weight is 413 g/mol. The summed E-state index contributed by atoms with van der Waals surface area (Å²) < 4.78 is 44.8. The minimum Gasteiger partial charge on any atom is -0.456 e. The molecule has 11 heteroatoms. The number of nitro benzene ring substituents is 1. The van der Waals surface area contributed by atoms with Crippen molar-refractivity contribution in [3.05, 3.63) is 56.9 Å². The number of aromatic nitrogens is 1. The largest absolute Gasteiger partial charge is 0.456 e. The van der Waals surface area contributed by atoms with Crippen molar-refractivity contribution in [2.75, 3.05) is 18.5 Å². The van der Waals surface area contributed by atoms with Crippen molar-refractivity contribution in [2.45, 2.75) is 20.0 Å². The summed E-state index contributed by atoms with van der Waals surface area (Å²) in [5.74, 6) is -1.31. The molecule has 1 aromatic carbocycles. The summed E-state index contributed by atoms with van der Waals surface area (Å²) >= 11 is 0. The van der Waals surface area contributed by atoms with Gasteiger partial charge in [-0.2, -0.15) is 13.2 Å². The van der Waals surface area contributed by atoms with Crippen molar-refractivity contribution >= 4 is 23.1 Å². The Hall–Kier alpha value is -3.37. The molecule has 0 saturated carbocycles. The number of benzene rings is 1. The molecule has 0 fully saturated rings. The first-order chi connectivity index (χ1) is 13.4. The molecule has 0 aliphatic rings. The van der Waals surface area contributed by atoms with Gasteiger partial charge in [0.2, 0.25) is 5.78 Å². The van der Waals surface area contributed by atoms with Crippen LogP contribution < -0.4 is 5.32 Å². The van der Waals surface area contributed by atoms with Crippen LogP contribution in [0.1, 0.15) is 27.3 Å². The maximum atomic E-state index is 12.7. The second kappa shape index (κ2) is 8.33. The van der Waals surface area contributed by atoms with E-state index < -0.39 is 47.3 Å². The second-order valence-corrected chi connectivity index (χ2v) is 6.27. The zero-order valence-corrected chi connectivity index (χ0v) is 15.8. The Kier molecular flexibility index (Phi) is 6.30. The lowest BCUT2D eigenvalue weighted by Crippen LogP contribution is -2.21. The number of halogens is 3. The zero-order chi connectivity index (χ0) is 21.9. The predicted octanol–water partition coefficient (Wildman–Crippen LogP) is 3.41. The Morgan fingerprint density at radius 2 is 1.90 bits per heavy atom. The molecule has 29 heavy (non-hydrogen) atoms. The number of esters is 1. The van der Waals surface area contributed by atoms with Crippen molar-refractivity contribution in [1.82, 2.24) is 4.57 Å². The molecule has 8 nitrogen and oxygen atoms in total. The maximum Gasteiger partial charge on any atom is 0.416 e. The van der Waals surface area contributed by atoms with E-state index in [1.165, 1.54) is 0 Å². The molecule has 156 valence electrons. The molecule has 2 aromatic rings. The highest BCUT2D eigenvalue weighted by atomic mass is 19.4. The van der Waals surface area contributed by atoms with E-state index in [4.69, 9.17) is 4.74 Å². The van der Waals surface area contributed by atoms with E-state index in [9.17, 15) is 32.9 Å². The highest BCUT2D eigenvalue weighted by Gasteiger charge is 2.33. The van der Waals surface area contributed by atoms with Gasteiger partial charge in [-0.05, 0) is 32.0 Å². The molecule has 1 N–H and O–H groups in total. The van der Waals surface area contributed by atoms with Crippen molar-refractivity contribution in [1.29, 1.82) is 0 Å². The molecule has 0 amide bonds. The van der Waals surface area contributed by atoms with Crippen LogP contribution in [0.2, 0.25) is 0 Å². The summed E-state index contributed by atoms with van der Waals surface area (Å²) in [5, 5.41) is 13.4. The minimum absolute atomic E-state index is 0.277. The third kappa shape index (κ3) is 5.12. The highest BCUT2D eigenvalue weighted by Crippen LogP contribution is 2.34. The van der Waals surface area contributed by atoms with Crippen LogP contribution in [0.3, 0.4) is 0 Å². The Balaban J connectivity index is 1.99. The molecule has 0 radical (unpaired) electrons. The van der Waals surface area contributed by atoms with Crippen molar-refractivity contribution in [3.8, 4) is 0 Å². The molecule has 0 atom stereocenters. The monoisotopic (exact) mass is 413 g/mol. The van der Waals surface area contributed by atoms with Gasteiger partial charge >= 0.3 is 12.1 Å². The number of ketones is 1. The lowest BCUT2D eigenvalue weighted by Gasteiger charge is -2.10. The molecular formula is C18H18F3N3O5. The van der Waals surface area contributed by atoms with E-state index in [2.05, 4.69) is 5.32 Å². The van der Waals surface area contributed by atoms with Gasteiger partial charge in [0.15, 0.2) is 6.61 Å². The standard InChI is InChI=1S/C18H18F3N3O5/c1-10-6-13(11(2)23(10)3)16(25)9-29-17(26)8-22-14-5-4-12(18(19,20)21)7-15(14)24(27)28/h4-7,22H,8-9H2,1-3H3. The van der Waals surface area contributed by atoms with E-state index >= 15 is 0 Å². The number of Topliss-reactive ketones (excluding diaryl/α,β-unsaturated/α-hetero) is 1. The van der Waals surface area contributed by atoms with Crippen LogP contribution >= 0.6 is 0 Å². The topological polar surface area (TPSA) is 103 Å². The van der Waals surface area contributed by atoms with Gasteiger partial charge in [-0.25, -0.2) is 0 Å². The van der Waals surface area contributed by atoms with Crippen LogP contribution in [0.15, 0.2) is 24.3 Å². The minimum atomic E-state index is -4.74. The third-order valence-electron chi connectivity index (χ3n) is 4.38. The first-order valence-electron chi connectivity index (χ1n) is 8.33. The van der Waals surface area contributed by atoms with Crippen molar-refractivity contribution < 1.29 is 32.4 Å². The summed E-state index contributed by atoms with van der Waals surface area (Å²) in [7, 11) is 1.79. The molecule has 1 aromatic heterocycles. The maximum absolute atomic E-state index is 12.7. The van der Waals surface area contributed by atoms with E-state index in [0.717, 1.165) is 11.8 Å². The van der Waals surface area contributed by atoms with E-state index in [1.54, 1.807) is 24.6 Å². The van der Waals surface area contributed by atoms with E-state index in [-0.39, 0.29) is 5.69 Å². The van der Waals surface area contributed by atoms with Crippen LogP contribution in [-0.4, -0.2) is 34.4 Å². The van der Waals surface area contributed by atoms with Gasteiger partial charge in [0.1, 0.15) is 12.2 Å². The number of nitrogens with zero attached hydrogens (tertiary/aromatic N) is 2. The van der Waals surface area contributed by atoms with Gasteiger partial charge in [0.05, 0.1) is 10.5 Å². The molecule has 2 rings (SSSR count). The Morgan fingerprint density at radius 3 is 2.41 bits per heavy atom. The van der Waals surface area contributed by atoms with Gasteiger partial charge < -0.3 is 14.6 Å². The van der Waals surface area contributed by atoms with Gasteiger partial charge in [-0.1, -0.05) is 0 Å². The summed E-state index contributed by atoms with van der Waals surface area (Å²) in [4.78, 5) is 34.0. The van der Waals surface area contributed by atoms with Crippen molar-refractivity contribution in [3.63, 3.8) is 0 Å². The summed E-state index contributed by atoms with van der Waals surface area (Å²) in [6.07, 6.45) is -4.74. The SMILES string of the molecule is Cc1cc(C(=O)COC(=O)CNc2ccc(C(F)(F)F)cc2[N+](=O)[O-])c(C)n1C. The fraction of sp³-hybridized carbons (Fsp3) is 0.333. The molecule has 0 aliphatic heterocycles. The molecule has 1 heterocycles. The first-order valence-corrected chi connectivity index (χ1v) is 8.33. The number of ether oxygens (including phenoxy) is 1.